The summed E-state index contributed by atoms with van der Waals surface area (Å²) in [4.78, 5) is 0. The highest BCUT2D eigenvalue weighted by Gasteiger charge is 2.07. The zero-order valence-electron chi connectivity index (χ0n) is 8.86. The van der Waals surface area contributed by atoms with Gasteiger partial charge in [0.05, 0.1) is 12.7 Å². The van der Waals surface area contributed by atoms with Gasteiger partial charge in [-0.05, 0) is 19.4 Å². The summed E-state index contributed by atoms with van der Waals surface area (Å²) in [7, 11) is 0. The van der Waals surface area contributed by atoms with E-state index in [0.717, 1.165) is 30.8 Å². The second-order valence-corrected chi connectivity index (χ2v) is 3.42. The van der Waals surface area contributed by atoms with Gasteiger partial charge in [0, 0.05) is 5.56 Å². The molecule has 2 nitrogen and oxygen atoms in total. The molecule has 0 aliphatic heterocycles. The lowest BCUT2D eigenvalue weighted by Gasteiger charge is -2.12. The molecule has 1 N–H and O–H groups in total. The Morgan fingerprint density at radius 1 is 1.36 bits per heavy atom. The highest BCUT2D eigenvalue weighted by molar-refractivity contribution is 5.34. The van der Waals surface area contributed by atoms with E-state index in [4.69, 9.17) is 4.74 Å². The lowest BCUT2D eigenvalue weighted by molar-refractivity contribution is 0.191. The summed E-state index contributed by atoms with van der Waals surface area (Å²) in [5.74, 6) is 0.802. The molecule has 0 heterocycles. The summed E-state index contributed by atoms with van der Waals surface area (Å²) < 4.78 is 5.58. The summed E-state index contributed by atoms with van der Waals surface area (Å²) in [5.41, 5.74) is 0.864. The Bertz CT molecular complexity index is 269. The number of ether oxygens (including phenoxy) is 1. The molecule has 78 valence electrons. The zero-order chi connectivity index (χ0) is 10.4. The largest absolute Gasteiger partial charge is 0.493 e. The van der Waals surface area contributed by atoms with Crippen molar-refractivity contribution in [2.45, 2.75) is 32.8 Å². The molecule has 0 spiro atoms. The Morgan fingerprint density at radius 2 is 2.07 bits per heavy atom. The van der Waals surface area contributed by atoms with E-state index < -0.39 is 6.10 Å². The lowest BCUT2D eigenvalue weighted by Crippen LogP contribution is -2.01. The summed E-state index contributed by atoms with van der Waals surface area (Å²) in [5, 5.41) is 9.48. The van der Waals surface area contributed by atoms with Crippen LogP contribution in [0.4, 0.5) is 0 Å². The number of unbranched alkanes of at least 4 members (excludes halogenated alkanes) is 1. The van der Waals surface area contributed by atoms with Gasteiger partial charge in [0.2, 0.25) is 0 Å². The normalized spacial score (nSPS) is 12.5. The van der Waals surface area contributed by atoms with Crippen molar-refractivity contribution in [3.8, 4) is 5.75 Å². The molecule has 1 aromatic carbocycles. The van der Waals surface area contributed by atoms with Crippen LogP contribution in [0.2, 0.25) is 0 Å². The summed E-state index contributed by atoms with van der Waals surface area (Å²) in [6, 6.07) is 7.63. The average molecular weight is 194 g/mol. The van der Waals surface area contributed by atoms with Crippen molar-refractivity contribution in [1.82, 2.24) is 0 Å². The fraction of sp³-hybridized carbons (Fsp3) is 0.500. The quantitative estimate of drug-likeness (QED) is 0.730. The summed E-state index contributed by atoms with van der Waals surface area (Å²) in [6.07, 6.45) is 1.71. The van der Waals surface area contributed by atoms with Crippen LogP contribution in [-0.2, 0) is 0 Å². The average Bonchev–Trinajstić information content (AvgIpc) is 2.19. The van der Waals surface area contributed by atoms with Gasteiger partial charge >= 0.3 is 0 Å². The van der Waals surface area contributed by atoms with Gasteiger partial charge in [-0.2, -0.15) is 0 Å². The van der Waals surface area contributed by atoms with E-state index in [1.54, 1.807) is 6.92 Å². The Morgan fingerprint density at radius 3 is 2.71 bits per heavy atom. The van der Waals surface area contributed by atoms with Gasteiger partial charge in [-0.1, -0.05) is 31.5 Å². The minimum Gasteiger partial charge on any atom is -0.493 e. The third kappa shape index (κ3) is 3.04. The van der Waals surface area contributed by atoms with Crippen molar-refractivity contribution in [1.29, 1.82) is 0 Å². The number of rotatable bonds is 5. The van der Waals surface area contributed by atoms with Gasteiger partial charge in [0.25, 0.3) is 0 Å². The molecule has 1 aromatic rings. The molecule has 0 aliphatic rings. The van der Waals surface area contributed by atoms with Crippen LogP contribution >= 0.6 is 0 Å². The van der Waals surface area contributed by atoms with E-state index in [1.165, 1.54) is 0 Å². The van der Waals surface area contributed by atoms with Crippen molar-refractivity contribution in [2.75, 3.05) is 6.61 Å². The first-order valence-electron chi connectivity index (χ1n) is 5.15. The molecule has 2 heteroatoms. The van der Waals surface area contributed by atoms with Gasteiger partial charge in [0.15, 0.2) is 0 Å². The molecule has 0 radical (unpaired) electrons. The van der Waals surface area contributed by atoms with Gasteiger partial charge in [-0.25, -0.2) is 0 Å². The molecule has 0 bridgehead atoms. The van der Waals surface area contributed by atoms with E-state index in [2.05, 4.69) is 6.92 Å². The highest BCUT2D eigenvalue weighted by atomic mass is 16.5. The molecule has 14 heavy (non-hydrogen) atoms. The molecular weight excluding hydrogens is 176 g/mol. The van der Waals surface area contributed by atoms with Crippen LogP contribution in [0.1, 0.15) is 38.4 Å². The molecular formula is C12H18O2. The molecule has 0 fully saturated rings. The van der Waals surface area contributed by atoms with Gasteiger partial charge in [0.1, 0.15) is 5.75 Å². The van der Waals surface area contributed by atoms with E-state index in [9.17, 15) is 5.11 Å². The predicted octanol–water partition coefficient (Wildman–Crippen LogP) is 2.92. The number of hydrogen-bond acceptors (Lipinski definition) is 2. The summed E-state index contributed by atoms with van der Waals surface area (Å²) >= 11 is 0. The predicted molar refractivity (Wildman–Crippen MR) is 57.5 cm³/mol. The first-order chi connectivity index (χ1) is 6.75. The molecule has 0 aliphatic carbocycles. The molecule has 1 rings (SSSR count). The van der Waals surface area contributed by atoms with E-state index in [-0.39, 0.29) is 0 Å². The first-order valence-corrected chi connectivity index (χ1v) is 5.15. The van der Waals surface area contributed by atoms with Crippen LogP contribution in [0.15, 0.2) is 24.3 Å². The Balaban J connectivity index is 2.64. The van der Waals surface area contributed by atoms with E-state index in [0.29, 0.717) is 0 Å². The number of aliphatic hydroxyl groups is 1. The fourth-order valence-corrected chi connectivity index (χ4v) is 1.28. The van der Waals surface area contributed by atoms with Crippen LogP contribution in [0, 0.1) is 0 Å². The second-order valence-electron chi connectivity index (χ2n) is 3.42. The third-order valence-electron chi connectivity index (χ3n) is 2.12. The van der Waals surface area contributed by atoms with Crippen LogP contribution < -0.4 is 4.74 Å². The zero-order valence-corrected chi connectivity index (χ0v) is 8.86. The Hall–Kier alpha value is -1.02. The van der Waals surface area contributed by atoms with Crippen LogP contribution in [-0.4, -0.2) is 11.7 Å². The Kier molecular flexibility index (Phi) is 4.47. The van der Waals surface area contributed by atoms with Crippen LogP contribution in [0.5, 0.6) is 5.75 Å². The first kappa shape index (κ1) is 11.1. The molecule has 0 unspecified atom stereocenters. The summed E-state index contributed by atoms with van der Waals surface area (Å²) in [6.45, 7) is 4.60. The minimum atomic E-state index is -0.465. The van der Waals surface area contributed by atoms with Crippen molar-refractivity contribution in [2.24, 2.45) is 0 Å². The van der Waals surface area contributed by atoms with Gasteiger partial charge in [-0.15, -0.1) is 0 Å². The highest BCUT2D eigenvalue weighted by Crippen LogP contribution is 2.24. The van der Waals surface area contributed by atoms with Crippen molar-refractivity contribution < 1.29 is 9.84 Å². The van der Waals surface area contributed by atoms with Crippen molar-refractivity contribution in [3.05, 3.63) is 29.8 Å². The molecule has 0 aromatic heterocycles. The monoisotopic (exact) mass is 194 g/mol. The smallest absolute Gasteiger partial charge is 0.125 e. The van der Waals surface area contributed by atoms with E-state index >= 15 is 0 Å². The molecule has 0 saturated heterocycles. The van der Waals surface area contributed by atoms with Gasteiger partial charge in [-0.3, -0.25) is 0 Å². The molecule has 0 saturated carbocycles. The number of para-hydroxylation sites is 1. The Labute approximate surface area is 85.5 Å². The molecule has 1 atom stereocenters. The maximum atomic E-state index is 9.48. The maximum Gasteiger partial charge on any atom is 0.125 e. The lowest BCUT2D eigenvalue weighted by atomic mass is 10.1. The van der Waals surface area contributed by atoms with Crippen molar-refractivity contribution >= 4 is 0 Å². The molecule has 0 amide bonds. The van der Waals surface area contributed by atoms with Crippen LogP contribution in [0.25, 0.3) is 0 Å². The number of benzene rings is 1. The SMILES string of the molecule is CCCCOc1ccccc1[C@H](C)O. The topological polar surface area (TPSA) is 29.5 Å². The van der Waals surface area contributed by atoms with Crippen LogP contribution in [0.3, 0.4) is 0 Å². The second kappa shape index (κ2) is 5.66. The standard InChI is InChI=1S/C12H18O2/c1-3-4-9-14-12-8-6-5-7-11(12)10(2)13/h5-8,10,13H,3-4,9H2,1-2H3/t10-/m0/s1. The third-order valence-corrected chi connectivity index (χ3v) is 2.12. The number of hydrogen-bond donors (Lipinski definition) is 1. The maximum absolute atomic E-state index is 9.48. The number of aliphatic hydroxyl groups excluding tert-OH is 1. The fourth-order valence-electron chi connectivity index (χ4n) is 1.28. The van der Waals surface area contributed by atoms with Crippen molar-refractivity contribution in [3.63, 3.8) is 0 Å². The minimum absolute atomic E-state index is 0.465. The van der Waals surface area contributed by atoms with E-state index in [1.807, 2.05) is 24.3 Å². The van der Waals surface area contributed by atoms with Gasteiger partial charge < -0.3 is 9.84 Å².